The molecule has 0 aliphatic carbocycles. The molecule has 0 heterocycles. The second kappa shape index (κ2) is 20.9. The Bertz CT molecular complexity index is 808. The third-order valence-electron chi connectivity index (χ3n) is 3.38. The molecule has 3 rings (SSSR count). The number of hydrogen-bond acceptors (Lipinski definition) is 3. The summed E-state index contributed by atoms with van der Waals surface area (Å²) in [5.41, 5.74) is 3.25. The molecule has 0 N–H and O–H groups in total. The second-order valence-corrected chi connectivity index (χ2v) is 13.1. The van der Waals surface area contributed by atoms with Gasteiger partial charge in [-0.2, -0.15) is 15.8 Å². The Kier molecular flexibility index (Phi) is 19.3. The zero-order chi connectivity index (χ0) is 23.2. The van der Waals surface area contributed by atoms with Crippen LogP contribution >= 0.6 is 29.1 Å². The minimum atomic E-state index is -1.66. The first-order chi connectivity index (χ1) is 15.0. The van der Waals surface area contributed by atoms with Crippen molar-refractivity contribution in [2.45, 2.75) is 19.3 Å². The summed E-state index contributed by atoms with van der Waals surface area (Å²) in [6.07, 6.45) is 1.54. The van der Waals surface area contributed by atoms with Gasteiger partial charge in [-0.15, -0.1) is 0 Å². The van der Waals surface area contributed by atoms with Gasteiger partial charge >= 0.3 is 42.1 Å². The molecule has 0 saturated heterocycles. The molecule has 162 valence electrons. The number of halogens is 3. The van der Waals surface area contributed by atoms with Crippen molar-refractivity contribution in [3.05, 3.63) is 108 Å². The molecule has 0 atom stereocenters. The quantitative estimate of drug-likeness (QED) is 0.315. The summed E-state index contributed by atoms with van der Waals surface area (Å²) >= 11 is -1.66. The van der Waals surface area contributed by atoms with Gasteiger partial charge in [-0.05, 0) is 16.7 Å². The Morgan fingerprint density at radius 1 is 0.484 bits per heavy atom. The monoisotopic (exact) mass is 559 g/mol. The number of hydrogen-bond donors (Lipinski definition) is 0. The van der Waals surface area contributed by atoms with Gasteiger partial charge in [0.05, 0.1) is 37.5 Å². The molecule has 0 radical (unpaired) electrons. The van der Waals surface area contributed by atoms with E-state index in [0.29, 0.717) is 19.3 Å². The van der Waals surface area contributed by atoms with E-state index < -0.39 is 13.0 Å². The Morgan fingerprint density at radius 3 is 0.839 bits per heavy atom. The maximum atomic E-state index is 8.27. The molecule has 3 aromatic carbocycles. The Labute approximate surface area is 202 Å². The van der Waals surface area contributed by atoms with Gasteiger partial charge in [0.25, 0.3) is 0 Å². The van der Waals surface area contributed by atoms with Crippen LogP contribution in [-0.4, -0.2) is 0 Å². The van der Waals surface area contributed by atoms with Crippen LogP contribution < -0.4 is 0 Å². The molecule has 0 saturated carbocycles. The van der Waals surface area contributed by atoms with Crippen molar-refractivity contribution in [2.75, 3.05) is 0 Å². The van der Waals surface area contributed by atoms with Crippen molar-refractivity contribution in [3.63, 3.8) is 0 Å². The topological polar surface area (TPSA) is 71.4 Å². The molecule has 3 nitrogen and oxygen atoms in total. The summed E-state index contributed by atoms with van der Waals surface area (Å²) in [5, 5.41) is 24.8. The van der Waals surface area contributed by atoms with Crippen molar-refractivity contribution in [1.29, 1.82) is 15.8 Å². The normalized spacial score (nSPS) is 8.71. The second-order valence-electron chi connectivity index (χ2n) is 5.60. The summed E-state index contributed by atoms with van der Waals surface area (Å²) in [7, 11) is 14.8. The number of benzene rings is 3. The molecule has 0 aromatic heterocycles. The van der Waals surface area contributed by atoms with E-state index >= 15 is 0 Å². The predicted octanol–water partition coefficient (Wildman–Crippen LogP) is 7.32. The predicted molar refractivity (Wildman–Crippen MR) is 125 cm³/mol. The maximum absolute atomic E-state index is 8.27. The van der Waals surface area contributed by atoms with Gasteiger partial charge in [-0.3, -0.25) is 0 Å². The number of nitrogens with zero attached hydrogens (tertiary/aromatic N) is 3. The summed E-state index contributed by atoms with van der Waals surface area (Å²) < 4.78 is 0. The molecular formula is C24H21Cl3N3Rh. The third-order valence-corrected chi connectivity index (χ3v) is 3.38. The summed E-state index contributed by atoms with van der Waals surface area (Å²) in [4.78, 5) is 0. The van der Waals surface area contributed by atoms with Gasteiger partial charge in [-0.25, -0.2) is 0 Å². The van der Waals surface area contributed by atoms with Crippen molar-refractivity contribution in [2.24, 2.45) is 0 Å². The number of rotatable bonds is 3. The Balaban J connectivity index is 0.000000402. The molecule has 0 amide bonds. The number of nitriles is 3. The molecule has 3 aromatic rings. The standard InChI is InChI=1S/3C8H7N.3ClH.Rh/c3*9-7-6-8-4-2-1-3-5-8;;;;/h3*1-5H,6H2;3*1H;/q;;;;;;+3/p-3. The van der Waals surface area contributed by atoms with E-state index in [1.165, 1.54) is 0 Å². The van der Waals surface area contributed by atoms with Gasteiger partial charge in [-0.1, -0.05) is 91.0 Å². The van der Waals surface area contributed by atoms with Crippen LogP contribution in [0.3, 0.4) is 0 Å². The first-order valence-electron chi connectivity index (χ1n) is 8.90. The van der Waals surface area contributed by atoms with Crippen LogP contribution in [0, 0.1) is 34.0 Å². The van der Waals surface area contributed by atoms with E-state index in [-0.39, 0.29) is 0 Å². The minimum absolute atomic E-state index is 0.515. The summed E-state index contributed by atoms with van der Waals surface area (Å²) in [6.45, 7) is 0. The van der Waals surface area contributed by atoms with Crippen molar-refractivity contribution >= 4 is 29.1 Å². The molecule has 31 heavy (non-hydrogen) atoms. The fourth-order valence-electron chi connectivity index (χ4n) is 2.06. The summed E-state index contributed by atoms with van der Waals surface area (Å²) in [5.74, 6) is 0. The third kappa shape index (κ3) is 19.3. The molecule has 0 aliphatic heterocycles. The van der Waals surface area contributed by atoms with Gasteiger partial charge in [0.2, 0.25) is 0 Å². The van der Waals surface area contributed by atoms with Gasteiger partial charge in [0.15, 0.2) is 0 Å². The van der Waals surface area contributed by atoms with Crippen molar-refractivity contribution in [1.82, 2.24) is 0 Å². The first-order valence-corrected chi connectivity index (χ1v) is 15.2. The van der Waals surface area contributed by atoms with Gasteiger partial charge in [0.1, 0.15) is 0 Å². The van der Waals surface area contributed by atoms with E-state index in [2.05, 4.69) is 18.2 Å². The molecule has 0 spiro atoms. The van der Waals surface area contributed by atoms with Crippen LogP contribution in [0.1, 0.15) is 16.7 Å². The van der Waals surface area contributed by atoms with Crippen LogP contribution in [-0.2, 0) is 32.2 Å². The summed E-state index contributed by atoms with van der Waals surface area (Å²) in [6, 6.07) is 35.4. The van der Waals surface area contributed by atoms with E-state index in [0.717, 1.165) is 16.7 Å². The fourth-order valence-corrected chi connectivity index (χ4v) is 2.06. The molecule has 0 aliphatic rings. The van der Waals surface area contributed by atoms with Gasteiger partial charge < -0.3 is 0 Å². The van der Waals surface area contributed by atoms with Crippen LogP contribution in [0.15, 0.2) is 91.0 Å². The van der Waals surface area contributed by atoms with Crippen LogP contribution in [0.4, 0.5) is 0 Å². The van der Waals surface area contributed by atoms with E-state index in [1.807, 2.05) is 91.0 Å². The van der Waals surface area contributed by atoms with Crippen molar-refractivity contribution < 1.29 is 13.0 Å². The molecule has 0 fully saturated rings. The SMILES string of the molecule is N#CCc1ccccc1.N#CCc1ccccc1.N#CCc1ccccc1.[Cl][Rh]([Cl])[Cl]. The van der Waals surface area contributed by atoms with E-state index in [4.69, 9.17) is 44.9 Å². The molecule has 0 unspecified atom stereocenters. The fraction of sp³-hybridized carbons (Fsp3) is 0.125. The van der Waals surface area contributed by atoms with Crippen molar-refractivity contribution in [3.8, 4) is 18.2 Å². The Hall–Kier alpha value is -2.38. The molecule has 0 bridgehead atoms. The first kappa shape index (κ1) is 28.6. The van der Waals surface area contributed by atoms with Gasteiger partial charge in [0, 0.05) is 0 Å². The van der Waals surface area contributed by atoms with E-state index in [1.54, 1.807) is 0 Å². The average molecular weight is 561 g/mol. The molecule has 7 heteroatoms. The van der Waals surface area contributed by atoms with E-state index in [9.17, 15) is 0 Å². The molecular weight excluding hydrogens is 540 g/mol. The van der Waals surface area contributed by atoms with Crippen LogP contribution in [0.2, 0.25) is 0 Å². The zero-order valence-electron chi connectivity index (χ0n) is 16.6. The average Bonchev–Trinajstić information content (AvgIpc) is 2.77. The van der Waals surface area contributed by atoms with Crippen LogP contribution in [0.25, 0.3) is 0 Å². The Morgan fingerprint density at radius 2 is 0.677 bits per heavy atom. The van der Waals surface area contributed by atoms with Crippen LogP contribution in [0.5, 0.6) is 0 Å². The zero-order valence-corrected chi connectivity index (χ0v) is 20.5.